The molecule has 3 fully saturated rings. The van der Waals surface area contributed by atoms with Gasteiger partial charge in [-0.05, 0) is 63.1 Å². The molecule has 5 heteroatoms. The van der Waals surface area contributed by atoms with Gasteiger partial charge in [-0.3, -0.25) is 4.90 Å². The van der Waals surface area contributed by atoms with E-state index >= 15 is 0 Å². The number of benzene rings is 1. The Balaban J connectivity index is 1.35. The summed E-state index contributed by atoms with van der Waals surface area (Å²) in [5.41, 5.74) is 8.07. The largest absolute Gasteiger partial charge is 0.379 e. The molecule has 0 amide bonds. The highest BCUT2D eigenvalue weighted by Gasteiger charge is 2.44. The predicted octanol–water partition coefficient (Wildman–Crippen LogP) is 3.36. The highest BCUT2D eigenvalue weighted by Crippen LogP contribution is 2.46. The van der Waals surface area contributed by atoms with Crippen LogP contribution in [0.5, 0.6) is 0 Å². The van der Waals surface area contributed by atoms with Gasteiger partial charge in [0.15, 0.2) is 0 Å². The lowest BCUT2D eigenvalue weighted by Gasteiger charge is -2.44. The van der Waals surface area contributed by atoms with Gasteiger partial charge in [-0.25, -0.2) is 0 Å². The molecule has 2 heterocycles. The number of methoxy groups -OCH3 is 1. The lowest BCUT2D eigenvalue weighted by Crippen LogP contribution is -2.52. The van der Waals surface area contributed by atoms with Crippen LogP contribution in [0.4, 0.5) is 0 Å². The molecule has 1 aliphatic carbocycles. The van der Waals surface area contributed by atoms with Gasteiger partial charge in [-0.15, -0.1) is 0 Å². The van der Waals surface area contributed by atoms with Crippen LogP contribution in [0.2, 0.25) is 0 Å². The van der Waals surface area contributed by atoms with Crippen molar-refractivity contribution in [2.75, 3.05) is 59.5 Å². The number of ether oxygens (including phenoxy) is 1. The molecule has 1 aromatic rings. The summed E-state index contributed by atoms with van der Waals surface area (Å²) in [6.07, 6.45) is 5.92. The van der Waals surface area contributed by atoms with Crippen LogP contribution in [-0.4, -0.2) is 85.8 Å². The third-order valence-electron chi connectivity index (χ3n) is 8.25. The molecule has 0 bridgehead atoms. The minimum Gasteiger partial charge on any atom is -0.379 e. The summed E-state index contributed by atoms with van der Waals surface area (Å²) >= 11 is 0. The molecule has 31 heavy (non-hydrogen) atoms. The molecule has 1 saturated carbocycles. The average Bonchev–Trinajstić information content (AvgIpc) is 3.10. The Hall–Kier alpha value is -0.980. The minimum absolute atomic E-state index is 0.0754. The highest BCUT2D eigenvalue weighted by molar-refractivity contribution is 5.20. The first-order valence-electron chi connectivity index (χ1n) is 12.4. The molecule has 174 valence electrons. The van der Waals surface area contributed by atoms with Gasteiger partial charge in [0, 0.05) is 58.5 Å². The second-order valence-corrected chi connectivity index (χ2v) is 11.0. The van der Waals surface area contributed by atoms with E-state index in [1.807, 2.05) is 7.11 Å². The molecule has 0 radical (unpaired) electrons. The van der Waals surface area contributed by atoms with Gasteiger partial charge < -0.3 is 20.3 Å². The number of rotatable bonds is 7. The number of hydrogen-bond acceptors (Lipinski definition) is 5. The Bertz CT molecular complexity index is 684. The van der Waals surface area contributed by atoms with Crippen LogP contribution in [0.3, 0.4) is 0 Å². The van der Waals surface area contributed by atoms with Gasteiger partial charge in [-0.2, -0.15) is 0 Å². The zero-order valence-electron chi connectivity index (χ0n) is 20.1. The van der Waals surface area contributed by atoms with Crippen molar-refractivity contribution in [2.45, 2.75) is 63.6 Å². The Morgan fingerprint density at radius 3 is 2.26 bits per heavy atom. The first-order chi connectivity index (χ1) is 14.9. The molecular weight excluding hydrogens is 384 g/mol. The fourth-order valence-corrected chi connectivity index (χ4v) is 6.21. The minimum atomic E-state index is 0.0754. The summed E-state index contributed by atoms with van der Waals surface area (Å²) in [4.78, 5) is 8.08. The number of nitrogens with zero attached hydrogens (tertiary/aromatic N) is 3. The first-order valence-corrected chi connectivity index (χ1v) is 12.4. The van der Waals surface area contributed by atoms with Crippen molar-refractivity contribution in [1.29, 1.82) is 0 Å². The number of piperazine rings is 1. The zero-order valence-corrected chi connectivity index (χ0v) is 20.1. The first kappa shape index (κ1) is 23.2. The van der Waals surface area contributed by atoms with Gasteiger partial charge in [0.25, 0.3) is 0 Å². The van der Waals surface area contributed by atoms with Crippen molar-refractivity contribution < 1.29 is 4.74 Å². The van der Waals surface area contributed by atoms with E-state index in [0.29, 0.717) is 17.5 Å². The molecule has 0 spiro atoms. The maximum absolute atomic E-state index is 6.15. The van der Waals surface area contributed by atoms with Gasteiger partial charge in [0.2, 0.25) is 0 Å². The van der Waals surface area contributed by atoms with E-state index in [1.165, 1.54) is 44.5 Å². The Morgan fingerprint density at radius 1 is 0.968 bits per heavy atom. The van der Waals surface area contributed by atoms with Crippen LogP contribution in [0.15, 0.2) is 30.3 Å². The maximum atomic E-state index is 6.15. The van der Waals surface area contributed by atoms with Crippen molar-refractivity contribution in [2.24, 2.45) is 11.1 Å². The second kappa shape index (κ2) is 9.88. The van der Waals surface area contributed by atoms with Gasteiger partial charge in [0.05, 0.1) is 5.60 Å². The van der Waals surface area contributed by atoms with Gasteiger partial charge >= 0.3 is 0 Å². The molecule has 5 nitrogen and oxygen atoms in total. The number of hydrogen-bond donors (Lipinski definition) is 1. The molecule has 3 aliphatic rings. The average molecular weight is 429 g/mol. The number of nitrogens with two attached hydrogens (primary N) is 1. The molecule has 3 atom stereocenters. The Kier molecular flexibility index (Phi) is 7.39. The van der Waals surface area contributed by atoms with E-state index in [2.05, 4.69) is 58.9 Å². The van der Waals surface area contributed by atoms with Crippen molar-refractivity contribution in [3.63, 3.8) is 0 Å². The van der Waals surface area contributed by atoms with Crippen LogP contribution >= 0.6 is 0 Å². The molecular formula is C26H44N4O. The normalized spacial score (nSPS) is 33.0. The molecule has 2 saturated heterocycles. The third-order valence-corrected chi connectivity index (χ3v) is 8.25. The molecule has 0 aromatic heterocycles. The summed E-state index contributed by atoms with van der Waals surface area (Å²) < 4.78 is 5.82. The van der Waals surface area contributed by atoms with E-state index in [1.54, 1.807) is 0 Å². The van der Waals surface area contributed by atoms with Crippen LogP contribution in [-0.2, 0) is 4.74 Å². The molecule has 3 unspecified atom stereocenters. The predicted molar refractivity (Wildman–Crippen MR) is 128 cm³/mol. The SMILES string of the molecule is COC1(C)CCC(C)(CN2CCN(C(CN3CCC(N)CC3)c3ccccc3)CC2)C1. The summed E-state index contributed by atoms with van der Waals surface area (Å²) in [6.45, 7) is 14.0. The van der Waals surface area contributed by atoms with E-state index < -0.39 is 0 Å². The van der Waals surface area contributed by atoms with E-state index in [-0.39, 0.29) is 5.60 Å². The summed E-state index contributed by atoms with van der Waals surface area (Å²) in [5.74, 6) is 0. The fourth-order valence-electron chi connectivity index (χ4n) is 6.21. The summed E-state index contributed by atoms with van der Waals surface area (Å²) in [7, 11) is 1.88. The quantitative estimate of drug-likeness (QED) is 0.721. The molecule has 2 aliphatic heterocycles. The van der Waals surface area contributed by atoms with E-state index in [0.717, 1.165) is 45.6 Å². The van der Waals surface area contributed by atoms with E-state index in [9.17, 15) is 0 Å². The van der Waals surface area contributed by atoms with Gasteiger partial charge in [-0.1, -0.05) is 37.3 Å². The number of likely N-dealkylation sites (tertiary alicyclic amines) is 1. The van der Waals surface area contributed by atoms with Crippen LogP contribution in [0.25, 0.3) is 0 Å². The molecule has 4 rings (SSSR count). The van der Waals surface area contributed by atoms with Crippen LogP contribution in [0.1, 0.15) is 57.6 Å². The smallest absolute Gasteiger partial charge is 0.0656 e. The zero-order chi connectivity index (χ0) is 21.9. The maximum Gasteiger partial charge on any atom is 0.0656 e. The fraction of sp³-hybridized carbons (Fsp3) is 0.769. The topological polar surface area (TPSA) is 45.0 Å². The lowest BCUT2D eigenvalue weighted by molar-refractivity contribution is -0.00368. The summed E-state index contributed by atoms with van der Waals surface area (Å²) in [5, 5.41) is 0. The molecule has 1 aromatic carbocycles. The Labute approximate surface area is 189 Å². The number of piperidine rings is 1. The standard InChI is InChI=1S/C26H44N4O/c1-25(11-12-26(2,20-25)31-3)21-29-15-17-30(18-16-29)24(22-7-5-4-6-8-22)19-28-13-9-23(27)10-14-28/h4-8,23-24H,9-21,27H2,1-3H3. The second-order valence-electron chi connectivity index (χ2n) is 11.0. The Morgan fingerprint density at radius 2 is 1.65 bits per heavy atom. The van der Waals surface area contributed by atoms with Crippen molar-refractivity contribution in [1.82, 2.24) is 14.7 Å². The van der Waals surface area contributed by atoms with Crippen molar-refractivity contribution in [3.8, 4) is 0 Å². The van der Waals surface area contributed by atoms with Crippen LogP contribution < -0.4 is 5.73 Å². The monoisotopic (exact) mass is 428 g/mol. The van der Waals surface area contributed by atoms with Crippen molar-refractivity contribution >= 4 is 0 Å². The molecule has 2 N–H and O–H groups in total. The summed E-state index contributed by atoms with van der Waals surface area (Å²) in [6, 6.07) is 12.0. The lowest BCUT2D eigenvalue weighted by atomic mass is 9.86. The van der Waals surface area contributed by atoms with E-state index in [4.69, 9.17) is 10.5 Å². The third kappa shape index (κ3) is 5.88. The van der Waals surface area contributed by atoms with Crippen molar-refractivity contribution in [3.05, 3.63) is 35.9 Å². The highest BCUT2D eigenvalue weighted by atomic mass is 16.5. The van der Waals surface area contributed by atoms with Crippen LogP contribution in [0, 0.1) is 5.41 Å². The van der Waals surface area contributed by atoms with Gasteiger partial charge in [0.1, 0.15) is 0 Å².